The quantitative estimate of drug-likeness (QED) is 0.351. The van der Waals surface area contributed by atoms with Crippen LogP contribution in [-0.4, -0.2) is 48.8 Å². The van der Waals surface area contributed by atoms with Crippen LogP contribution < -0.4 is 9.64 Å². The number of benzene rings is 2. The van der Waals surface area contributed by atoms with Crippen molar-refractivity contribution in [2.24, 2.45) is 0 Å². The van der Waals surface area contributed by atoms with Gasteiger partial charge in [0.2, 0.25) is 10.0 Å². The topological polar surface area (TPSA) is 92.7 Å². The van der Waals surface area contributed by atoms with E-state index >= 15 is 0 Å². The summed E-state index contributed by atoms with van der Waals surface area (Å²) in [5.74, 6) is 0.364. The molecule has 36 heavy (non-hydrogen) atoms. The highest BCUT2D eigenvalue weighted by molar-refractivity contribution is 7.89. The van der Waals surface area contributed by atoms with Crippen LogP contribution in [0.5, 0.6) is 5.75 Å². The molecular formula is C26H26N4O4S2. The number of aromatic nitrogens is 2. The largest absolute Gasteiger partial charge is 0.494 e. The molecule has 1 aliphatic rings. The number of methoxy groups -OCH3 is 1. The number of pyridine rings is 1. The van der Waals surface area contributed by atoms with Gasteiger partial charge in [-0.15, -0.1) is 0 Å². The summed E-state index contributed by atoms with van der Waals surface area (Å²) in [6, 6.07) is 13.7. The lowest BCUT2D eigenvalue weighted by Crippen LogP contribution is -2.31. The van der Waals surface area contributed by atoms with E-state index in [2.05, 4.69) is 4.98 Å². The zero-order valence-electron chi connectivity index (χ0n) is 20.0. The maximum absolute atomic E-state index is 13.8. The first-order chi connectivity index (χ1) is 17.4. The Balaban J connectivity index is 1.52. The van der Waals surface area contributed by atoms with Gasteiger partial charge in [-0.25, -0.2) is 13.4 Å². The third kappa shape index (κ3) is 4.59. The van der Waals surface area contributed by atoms with Crippen molar-refractivity contribution in [1.82, 2.24) is 14.3 Å². The van der Waals surface area contributed by atoms with Crippen molar-refractivity contribution in [1.29, 1.82) is 0 Å². The van der Waals surface area contributed by atoms with Crippen molar-refractivity contribution in [3.8, 4) is 5.75 Å². The third-order valence-corrected chi connectivity index (χ3v) is 9.38. The minimum absolute atomic E-state index is 0.195. The van der Waals surface area contributed by atoms with Crippen LogP contribution in [0.1, 0.15) is 34.3 Å². The normalized spacial score (nSPS) is 14.3. The Bertz CT molecular complexity index is 1500. The number of fused-ring (bicyclic) bond motifs is 1. The molecule has 3 heterocycles. The summed E-state index contributed by atoms with van der Waals surface area (Å²) in [6.07, 6.45) is 5.13. The number of hydrogen-bond donors (Lipinski definition) is 0. The van der Waals surface area contributed by atoms with E-state index in [1.807, 2.05) is 31.2 Å². The van der Waals surface area contributed by atoms with E-state index in [9.17, 15) is 13.2 Å². The summed E-state index contributed by atoms with van der Waals surface area (Å²) in [6.45, 7) is 3.32. The number of anilines is 1. The second-order valence-electron chi connectivity index (χ2n) is 8.65. The van der Waals surface area contributed by atoms with Gasteiger partial charge in [0.15, 0.2) is 5.13 Å². The number of thiazole rings is 1. The lowest BCUT2D eigenvalue weighted by atomic mass is 10.2. The van der Waals surface area contributed by atoms with Crippen molar-refractivity contribution in [2.75, 3.05) is 25.1 Å². The summed E-state index contributed by atoms with van der Waals surface area (Å²) >= 11 is 1.42. The smallest absolute Gasteiger partial charge is 0.260 e. The zero-order chi connectivity index (χ0) is 25.3. The fraction of sp³-hybridized carbons (Fsp3) is 0.269. The Kier molecular flexibility index (Phi) is 6.74. The van der Waals surface area contributed by atoms with Gasteiger partial charge in [-0.3, -0.25) is 14.7 Å². The number of aryl methyl sites for hydroxylation is 1. The van der Waals surface area contributed by atoms with Gasteiger partial charge in [-0.2, -0.15) is 4.31 Å². The molecule has 186 valence electrons. The average Bonchev–Trinajstić information content (AvgIpc) is 3.60. The molecule has 2 aromatic carbocycles. The van der Waals surface area contributed by atoms with Crippen LogP contribution in [0.25, 0.3) is 10.2 Å². The van der Waals surface area contributed by atoms with E-state index in [1.165, 1.54) is 27.8 Å². The molecule has 8 nitrogen and oxygen atoms in total. The SMILES string of the molecule is COc1ccc(C)c2sc(N(Cc3cccnc3)C(=O)c3ccc(S(=O)(=O)N4CCCC4)cc3)nc12. The van der Waals surface area contributed by atoms with E-state index in [1.54, 1.807) is 36.5 Å². The maximum Gasteiger partial charge on any atom is 0.260 e. The fourth-order valence-corrected chi connectivity index (χ4v) is 6.85. The molecule has 0 atom stereocenters. The first-order valence-corrected chi connectivity index (χ1v) is 13.9. The summed E-state index contributed by atoms with van der Waals surface area (Å²) in [5, 5.41) is 0.528. The van der Waals surface area contributed by atoms with E-state index in [4.69, 9.17) is 9.72 Å². The van der Waals surface area contributed by atoms with E-state index in [0.717, 1.165) is 28.7 Å². The van der Waals surface area contributed by atoms with Gasteiger partial charge in [0.05, 0.1) is 23.2 Å². The van der Waals surface area contributed by atoms with Crippen LogP contribution >= 0.6 is 11.3 Å². The zero-order valence-corrected chi connectivity index (χ0v) is 21.7. The molecular weight excluding hydrogens is 496 g/mol. The van der Waals surface area contributed by atoms with Gasteiger partial charge >= 0.3 is 0 Å². The van der Waals surface area contributed by atoms with Crippen LogP contribution in [0.3, 0.4) is 0 Å². The lowest BCUT2D eigenvalue weighted by Gasteiger charge is -2.20. The molecule has 0 aliphatic carbocycles. The molecule has 0 spiro atoms. The third-order valence-electron chi connectivity index (χ3n) is 6.26. The number of carbonyl (C=O) groups excluding carboxylic acids is 1. The lowest BCUT2D eigenvalue weighted by molar-refractivity contribution is 0.0985. The molecule has 0 bridgehead atoms. The molecule has 1 amide bonds. The van der Waals surface area contributed by atoms with Crippen LogP contribution in [0.2, 0.25) is 0 Å². The molecule has 1 saturated heterocycles. The summed E-state index contributed by atoms with van der Waals surface area (Å²) in [5.41, 5.74) is 2.97. The minimum Gasteiger partial charge on any atom is -0.494 e. The Hall–Kier alpha value is -3.34. The Morgan fingerprint density at radius 1 is 1.11 bits per heavy atom. The number of amides is 1. The first kappa shape index (κ1) is 24.4. The van der Waals surface area contributed by atoms with Crippen LogP contribution in [0.15, 0.2) is 65.8 Å². The van der Waals surface area contributed by atoms with Gasteiger partial charge in [0.25, 0.3) is 5.91 Å². The minimum atomic E-state index is -3.56. The number of carbonyl (C=O) groups is 1. The Labute approximate surface area is 214 Å². The molecule has 2 aromatic heterocycles. The molecule has 4 aromatic rings. The van der Waals surface area contributed by atoms with Gasteiger partial charge in [0, 0.05) is 31.0 Å². The number of ether oxygens (including phenoxy) is 1. The Morgan fingerprint density at radius 2 is 1.86 bits per heavy atom. The standard InChI is InChI=1S/C26H26N4O4S2/c1-18-7-12-22(34-2)23-24(18)35-26(28-23)30(17-19-6-5-13-27-16-19)25(31)20-8-10-21(11-9-20)36(32,33)29-14-3-4-15-29/h5-13,16H,3-4,14-15,17H2,1-2H3. The molecule has 0 N–H and O–H groups in total. The van der Waals surface area contributed by atoms with Crippen LogP contribution in [0, 0.1) is 6.92 Å². The molecule has 1 fully saturated rings. The van der Waals surface area contributed by atoms with Crippen molar-refractivity contribution in [3.63, 3.8) is 0 Å². The van der Waals surface area contributed by atoms with Gasteiger partial charge < -0.3 is 4.74 Å². The van der Waals surface area contributed by atoms with Gasteiger partial charge in [0.1, 0.15) is 11.3 Å². The number of rotatable bonds is 7. The van der Waals surface area contributed by atoms with Crippen LogP contribution in [0.4, 0.5) is 5.13 Å². The summed E-state index contributed by atoms with van der Waals surface area (Å²) in [4.78, 5) is 24.5. The molecule has 0 unspecified atom stereocenters. The monoisotopic (exact) mass is 522 g/mol. The van der Waals surface area contributed by atoms with E-state index in [-0.39, 0.29) is 17.3 Å². The molecule has 5 rings (SSSR count). The van der Waals surface area contributed by atoms with Crippen molar-refractivity contribution < 1.29 is 17.9 Å². The van der Waals surface area contributed by atoms with Gasteiger partial charge in [-0.05, 0) is 67.3 Å². The van der Waals surface area contributed by atoms with Crippen LogP contribution in [-0.2, 0) is 16.6 Å². The predicted molar refractivity (Wildman–Crippen MR) is 140 cm³/mol. The average molecular weight is 523 g/mol. The second kappa shape index (κ2) is 9.96. The van der Waals surface area contributed by atoms with Crippen molar-refractivity contribution in [2.45, 2.75) is 31.2 Å². The molecule has 1 aliphatic heterocycles. The number of sulfonamides is 1. The van der Waals surface area contributed by atoms with E-state index < -0.39 is 10.0 Å². The first-order valence-electron chi connectivity index (χ1n) is 11.6. The predicted octanol–water partition coefficient (Wildman–Crippen LogP) is 4.64. The van der Waals surface area contributed by atoms with Gasteiger partial charge in [-0.1, -0.05) is 23.5 Å². The highest BCUT2D eigenvalue weighted by Crippen LogP contribution is 2.37. The highest BCUT2D eigenvalue weighted by atomic mass is 32.2. The highest BCUT2D eigenvalue weighted by Gasteiger charge is 2.28. The van der Waals surface area contributed by atoms with Crippen molar-refractivity contribution >= 4 is 42.6 Å². The second-order valence-corrected chi connectivity index (χ2v) is 11.6. The Morgan fingerprint density at radius 3 is 2.53 bits per heavy atom. The van der Waals surface area contributed by atoms with E-state index in [0.29, 0.717) is 35.1 Å². The molecule has 10 heteroatoms. The van der Waals surface area contributed by atoms with Crippen molar-refractivity contribution in [3.05, 3.63) is 77.6 Å². The number of nitrogens with zero attached hydrogens (tertiary/aromatic N) is 4. The summed E-state index contributed by atoms with van der Waals surface area (Å²) in [7, 11) is -1.96. The summed E-state index contributed by atoms with van der Waals surface area (Å²) < 4.78 is 33.8. The number of hydrogen-bond acceptors (Lipinski definition) is 7. The molecule has 0 radical (unpaired) electrons. The maximum atomic E-state index is 13.8. The fourth-order valence-electron chi connectivity index (χ4n) is 4.28. The molecule has 0 saturated carbocycles.